The molecule has 5 rings (SSSR count). The number of pyridine rings is 1. The molecule has 0 saturated heterocycles. The third-order valence-corrected chi connectivity index (χ3v) is 5.84. The number of carbonyl (C=O) groups is 2. The third-order valence-electron chi connectivity index (χ3n) is 5.84. The largest absolute Gasteiger partial charge is 0.507 e. The summed E-state index contributed by atoms with van der Waals surface area (Å²) < 4.78 is 1.92. The summed E-state index contributed by atoms with van der Waals surface area (Å²) in [4.78, 5) is 31.0. The Balaban J connectivity index is 1.48. The summed E-state index contributed by atoms with van der Waals surface area (Å²) in [5.41, 5.74) is 3.09. The third kappa shape index (κ3) is 3.57. The van der Waals surface area contributed by atoms with E-state index in [0.29, 0.717) is 40.6 Å². The maximum absolute atomic E-state index is 13.3. The molecule has 0 saturated carbocycles. The number of hydrogen-bond donors (Lipinski definition) is 2. The van der Waals surface area contributed by atoms with Crippen molar-refractivity contribution >= 4 is 17.7 Å². The molecule has 0 fully saturated rings. The topological polar surface area (TPSA) is 121 Å². The van der Waals surface area contributed by atoms with Crippen LogP contribution in [-0.4, -0.2) is 41.8 Å². The minimum atomic E-state index is -1.22. The van der Waals surface area contributed by atoms with Gasteiger partial charge in [0, 0.05) is 11.6 Å². The summed E-state index contributed by atoms with van der Waals surface area (Å²) in [5.74, 6) is -0.578. The van der Waals surface area contributed by atoms with Crippen molar-refractivity contribution in [2.24, 2.45) is 0 Å². The molecule has 3 heterocycles. The van der Waals surface area contributed by atoms with E-state index in [1.165, 1.54) is 12.1 Å². The lowest BCUT2D eigenvalue weighted by Crippen LogP contribution is -2.24. The van der Waals surface area contributed by atoms with Crippen molar-refractivity contribution in [2.75, 3.05) is 4.90 Å². The van der Waals surface area contributed by atoms with Gasteiger partial charge in [0.1, 0.15) is 29.2 Å². The molecule has 1 aliphatic heterocycles. The Morgan fingerprint density at radius 1 is 1.06 bits per heavy atom. The number of benzene rings is 2. The quantitative estimate of drug-likeness (QED) is 0.464. The summed E-state index contributed by atoms with van der Waals surface area (Å²) >= 11 is 0. The molecule has 0 aliphatic carbocycles. The maximum Gasteiger partial charge on any atom is 0.339 e. The first-order valence-electron chi connectivity index (χ1n) is 10.7. The van der Waals surface area contributed by atoms with Gasteiger partial charge in [-0.3, -0.25) is 9.69 Å². The lowest BCUT2D eigenvalue weighted by Gasteiger charge is -2.16. The second kappa shape index (κ2) is 8.11. The molecule has 9 heteroatoms. The van der Waals surface area contributed by atoms with Crippen molar-refractivity contribution in [2.45, 2.75) is 26.4 Å². The molecule has 0 bridgehead atoms. The predicted molar refractivity (Wildman–Crippen MR) is 125 cm³/mol. The summed E-state index contributed by atoms with van der Waals surface area (Å²) in [6, 6.07) is 15.4. The van der Waals surface area contributed by atoms with Crippen molar-refractivity contribution in [1.82, 2.24) is 19.7 Å². The highest BCUT2D eigenvalue weighted by Crippen LogP contribution is 2.33. The number of carboxylic acid groups (broad SMARTS) is 1. The fourth-order valence-corrected chi connectivity index (χ4v) is 4.05. The van der Waals surface area contributed by atoms with Crippen molar-refractivity contribution < 1.29 is 19.8 Å². The second-order valence-corrected chi connectivity index (χ2v) is 8.34. The number of aromatic nitrogens is 4. The molecule has 2 N–H and O–H groups in total. The summed E-state index contributed by atoms with van der Waals surface area (Å²) in [7, 11) is 0. The SMILES string of the molecule is CC(C)n1cnnc1-c1cccc(N2Cc3ccc(-c4ccc(O)c(C(=O)O)c4)cc3C2=O)n1. The Bertz CT molecular complexity index is 1440. The zero-order valence-corrected chi connectivity index (χ0v) is 18.5. The van der Waals surface area contributed by atoms with Crippen LogP contribution < -0.4 is 4.90 Å². The monoisotopic (exact) mass is 455 g/mol. The molecule has 34 heavy (non-hydrogen) atoms. The zero-order valence-electron chi connectivity index (χ0n) is 18.5. The number of hydrogen-bond acceptors (Lipinski definition) is 6. The predicted octanol–water partition coefficient (Wildman–Crippen LogP) is 4.15. The summed E-state index contributed by atoms with van der Waals surface area (Å²) in [6.07, 6.45) is 1.66. The van der Waals surface area contributed by atoms with E-state index >= 15 is 0 Å². The second-order valence-electron chi connectivity index (χ2n) is 8.34. The van der Waals surface area contributed by atoms with Crippen LogP contribution >= 0.6 is 0 Å². The van der Waals surface area contributed by atoms with Crippen LogP contribution in [0.1, 0.15) is 46.2 Å². The van der Waals surface area contributed by atoms with Crippen LogP contribution in [0.25, 0.3) is 22.6 Å². The number of phenols is 1. The minimum Gasteiger partial charge on any atom is -0.507 e. The van der Waals surface area contributed by atoms with Gasteiger partial charge in [-0.2, -0.15) is 0 Å². The van der Waals surface area contributed by atoms with Crippen molar-refractivity contribution in [3.8, 4) is 28.4 Å². The fraction of sp³-hybridized carbons (Fsp3) is 0.160. The molecule has 1 amide bonds. The van der Waals surface area contributed by atoms with Crippen molar-refractivity contribution in [3.63, 3.8) is 0 Å². The molecule has 4 aromatic rings. The van der Waals surface area contributed by atoms with Crippen LogP contribution in [0, 0.1) is 0 Å². The molecule has 0 radical (unpaired) electrons. The normalized spacial score (nSPS) is 12.9. The lowest BCUT2D eigenvalue weighted by atomic mass is 9.98. The number of aromatic carboxylic acids is 1. The van der Waals surface area contributed by atoms with E-state index in [1.807, 2.05) is 42.7 Å². The van der Waals surface area contributed by atoms with Crippen LogP contribution in [0.15, 0.2) is 60.9 Å². The summed E-state index contributed by atoms with van der Waals surface area (Å²) in [5, 5.41) is 27.3. The molecule has 0 spiro atoms. The van der Waals surface area contributed by atoms with Gasteiger partial charge in [0.05, 0.1) is 6.54 Å². The molecule has 0 unspecified atom stereocenters. The number of amides is 1. The molecule has 1 aliphatic rings. The van der Waals surface area contributed by atoms with E-state index in [4.69, 9.17) is 0 Å². The van der Waals surface area contributed by atoms with Gasteiger partial charge in [-0.05, 0) is 60.9 Å². The van der Waals surface area contributed by atoms with Crippen LogP contribution in [0.5, 0.6) is 5.75 Å². The van der Waals surface area contributed by atoms with E-state index in [-0.39, 0.29) is 23.3 Å². The van der Waals surface area contributed by atoms with Gasteiger partial charge in [-0.1, -0.05) is 24.3 Å². The van der Waals surface area contributed by atoms with Gasteiger partial charge in [-0.25, -0.2) is 9.78 Å². The smallest absolute Gasteiger partial charge is 0.339 e. The number of aromatic hydroxyl groups is 1. The van der Waals surface area contributed by atoms with E-state index < -0.39 is 5.97 Å². The zero-order chi connectivity index (χ0) is 24.0. The first-order chi connectivity index (χ1) is 16.3. The Hall–Kier alpha value is -4.53. The molecule has 0 atom stereocenters. The van der Waals surface area contributed by atoms with Crippen LogP contribution in [0.2, 0.25) is 0 Å². The van der Waals surface area contributed by atoms with Crippen LogP contribution in [0.3, 0.4) is 0 Å². The van der Waals surface area contributed by atoms with Gasteiger partial charge in [0.25, 0.3) is 5.91 Å². The van der Waals surface area contributed by atoms with Crippen molar-refractivity contribution in [1.29, 1.82) is 0 Å². The Morgan fingerprint density at radius 2 is 1.82 bits per heavy atom. The van der Waals surface area contributed by atoms with Gasteiger partial charge in [0.15, 0.2) is 5.82 Å². The van der Waals surface area contributed by atoms with Crippen LogP contribution in [0.4, 0.5) is 5.82 Å². The number of carboxylic acids is 1. The average Bonchev–Trinajstić information content (AvgIpc) is 3.44. The summed E-state index contributed by atoms with van der Waals surface area (Å²) in [6.45, 7) is 4.43. The number of rotatable bonds is 5. The first kappa shape index (κ1) is 21.3. The lowest BCUT2D eigenvalue weighted by molar-refractivity contribution is 0.0693. The fourth-order valence-electron chi connectivity index (χ4n) is 4.05. The number of anilines is 1. The Kier molecular flexibility index (Phi) is 5.09. The molecular weight excluding hydrogens is 434 g/mol. The number of carbonyl (C=O) groups excluding carboxylic acids is 1. The average molecular weight is 455 g/mol. The molecule has 170 valence electrons. The Labute approximate surface area is 195 Å². The van der Waals surface area contributed by atoms with E-state index in [9.17, 15) is 19.8 Å². The number of fused-ring (bicyclic) bond motifs is 1. The standard InChI is InChI=1S/C25H21N5O4/c1-14(2)30-13-26-28-23(30)20-4-3-5-22(27-20)29-12-17-7-6-15(10-18(17)24(29)32)16-8-9-21(31)19(11-16)25(33)34/h3-11,13-14,31H,12H2,1-2H3,(H,33,34). The molecule has 2 aromatic carbocycles. The highest BCUT2D eigenvalue weighted by atomic mass is 16.4. The van der Waals surface area contributed by atoms with Gasteiger partial charge in [-0.15, -0.1) is 10.2 Å². The number of nitrogens with zero attached hydrogens (tertiary/aromatic N) is 5. The molecule has 2 aromatic heterocycles. The van der Waals surface area contributed by atoms with Gasteiger partial charge in [0.2, 0.25) is 0 Å². The van der Waals surface area contributed by atoms with Crippen molar-refractivity contribution in [3.05, 3.63) is 77.6 Å². The van der Waals surface area contributed by atoms with E-state index in [0.717, 1.165) is 5.56 Å². The minimum absolute atomic E-state index is 0.160. The molecular formula is C25H21N5O4. The highest BCUT2D eigenvalue weighted by Gasteiger charge is 2.30. The molecule has 9 nitrogen and oxygen atoms in total. The van der Waals surface area contributed by atoms with E-state index in [2.05, 4.69) is 15.2 Å². The van der Waals surface area contributed by atoms with Gasteiger partial charge < -0.3 is 14.8 Å². The highest BCUT2D eigenvalue weighted by molar-refractivity contribution is 6.10. The van der Waals surface area contributed by atoms with E-state index in [1.54, 1.807) is 29.4 Å². The first-order valence-corrected chi connectivity index (χ1v) is 10.7. The van der Waals surface area contributed by atoms with Crippen LogP contribution in [-0.2, 0) is 6.54 Å². The van der Waals surface area contributed by atoms with Gasteiger partial charge >= 0.3 is 5.97 Å². The Morgan fingerprint density at radius 3 is 2.59 bits per heavy atom. The maximum atomic E-state index is 13.3.